The maximum atomic E-state index is 8.34. The SMILES string of the molecule is CCCCCC.[O]=[Sn]. The molecule has 0 atom stereocenters. The van der Waals surface area contributed by atoms with Crippen molar-refractivity contribution in [2.45, 2.75) is 39.5 Å². The molecule has 0 aliphatic rings. The van der Waals surface area contributed by atoms with E-state index < -0.39 is 0 Å². The number of hydrogen-bond donors (Lipinski definition) is 0. The van der Waals surface area contributed by atoms with Crippen molar-refractivity contribution in [1.82, 2.24) is 0 Å². The summed E-state index contributed by atoms with van der Waals surface area (Å²) in [6.45, 7) is 4.46. The van der Waals surface area contributed by atoms with Crippen LogP contribution in [0.15, 0.2) is 0 Å². The molecule has 0 saturated carbocycles. The molecule has 1 nitrogen and oxygen atoms in total. The van der Waals surface area contributed by atoms with Gasteiger partial charge in [-0.25, -0.2) is 0 Å². The van der Waals surface area contributed by atoms with E-state index in [2.05, 4.69) is 13.8 Å². The molecular weight excluding hydrogens is 207 g/mol. The van der Waals surface area contributed by atoms with Gasteiger partial charge in [-0.3, -0.25) is 0 Å². The molecule has 0 spiro atoms. The first-order valence-electron chi connectivity index (χ1n) is 3.12. The van der Waals surface area contributed by atoms with E-state index in [4.69, 9.17) is 3.08 Å². The second kappa shape index (κ2) is 15.6. The molecule has 0 aromatic carbocycles. The summed E-state index contributed by atoms with van der Waals surface area (Å²) < 4.78 is 8.34. The Morgan fingerprint density at radius 1 is 1.00 bits per heavy atom. The molecule has 0 aromatic heterocycles. The van der Waals surface area contributed by atoms with E-state index in [1.54, 1.807) is 0 Å². The number of rotatable bonds is 3. The Bertz CT molecular complexity index is 27.7. The van der Waals surface area contributed by atoms with Crippen molar-refractivity contribution in [3.8, 4) is 0 Å². The van der Waals surface area contributed by atoms with Gasteiger partial charge in [0.25, 0.3) is 0 Å². The van der Waals surface area contributed by atoms with Crippen LogP contribution in [-0.2, 0) is 3.08 Å². The van der Waals surface area contributed by atoms with Crippen molar-refractivity contribution in [1.29, 1.82) is 0 Å². The fourth-order valence-electron chi connectivity index (χ4n) is 0.500. The first-order chi connectivity index (χ1) is 3.91. The van der Waals surface area contributed by atoms with Crippen LogP contribution in [0.3, 0.4) is 0 Å². The zero-order valence-corrected chi connectivity index (χ0v) is 8.59. The van der Waals surface area contributed by atoms with Gasteiger partial charge >= 0.3 is 25.6 Å². The molecule has 0 saturated heterocycles. The third kappa shape index (κ3) is 16.0. The third-order valence-corrected chi connectivity index (χ3v) is 0.957. The van der Waals surface area contributed by atoms with Crippen molar-refractivity contribution in [3.63, 3.8) is 0 Å². The van der Waals surface area contributed by atoms with Crippen molar-refractivity contribution in [2.75, 3.05) is 0 Å². The van der Waals surface area contributed by atoms with Crippen LogP contribution in [0.1, 0.15) is 39.5 Å². The minimum absolute atomic E-state index is 0.300. The maximum absolute atomic E-state index is 8.34. The molecule has 0 N–H and O–H groups in total. The molecule has 48 valence electrons. The van der Waals surface area contributed by atoms with E-state index in [1.807, 2.05) is 0 Å². The summed E-state index contributed by atoms with van der Waals surface area (Å²) in [6.07, 6.45) is 5.54. The minimum atomic E-state index is 0.300. The molecule has 0 bridgehead atoms. The summed E-state index contributed by atoms with van der Waals surface area (Å²) in [5.41, 5.74) is 0. The van der Waals surface area contributed by atoms with E-state index in [-0.39, 0.29) is 0 Å². The molecule has 0 unspecified atom stereocenters. The summed E-state index contributed by atoms with van der Waals surface area (Å²) in [5.74, 6) is 0. The Morgan fingerprint density at radius 2 is 1.25 bits per heavy atom. The van der Waals surface area contributed by atoms with E-state index in [0.29, 0.717) is 22.5 Å². The second-order valence-electron chi connectivity index (χ2n) is 1.71. The summed E-state index contributed by atoms with van der Waals surface area (Å²) in [5, 5.41) is 0. The fourth-order valence-corrected chi connectivity index (χ4v) is 0.500. The summed E-state index contributed by atoms with van der Waals surface area (Å²) >= 11 is 0.300. The van der Waals surface area contributed by atoms with Crippen LogP contribution < -0.4 is 0 Å². The molecular formula is C6H14OSn. The monoisotopic (exact) mass is 222 g/mol. The van der Waals surface area contributed by atoms with Crippen molar-refractivity contribution < 1.29 is 3.08 Å². The fraction of sp³-hybridized carbons (Fsp3) is 1.00. The van der Waals surface area contributed by atoms with Gasteiger partial charge in [0, 0.05) is 0 Å². The van der Waals surface area contributed by atoms with Crippen LogP contribution in [0.4, 0.5) is 0 Å². The van der Waals surface area contributed by atoms with Crippen LogP contribution in [0, 0.1) is 0 Å². The standard InChI is InChI=1S/C6H14.O.Sn/c1-3-5-6-4-2;;/h3-6H2,1-2H3;;. The van der Waals surface area contributed by atoms with E-state index in [1.165, 1.54) is 25.7 Å². The van der Waals surface area contributed by atoms with Gasteiger partial charge in [-0.15, -0.1) is 0 Å². The van der Waals surface area contributed by atoms with Crippen LogP contribution in [0.2, 0.25) is 0 Å². The molecule has 0 heterocycles. The second-order valence-corrected chi connectivity index (χ2v) is 1.71. The van der Waals surface area contributed by atoms with E-state index >= 15 is 0 Å². The zero-order chi connectivity index (χ0) is 6.83. The average Bonchev–Trinajstić information content (AvgIpc) is 1.88. The Balaban J connectivity index is 0. The third-order valence-electron chi connectivity index (χ3n) is 0.957. The molecule has 2 radical (unpaired) electrons. The summed E-state index contributed by atoms with van der Waals surface area (Å²) in [6, 6.07) is 0. The molecule has 0 fully saturated rings. The zero-order valence-electron chi connectivity index (χ0n) is 5.74. The van der Waals surface area contributed by atoms with Gasteiger partial charge < -0.3 is 0 Å². The molecule has 0 aliphatic carbocycles. The van der Waals surface area contributed by atoms with Crippen LogP contribution in [0.25, 0.3) is 0 Å². The summed E-state index contributed by atoms with van der Waals surface area (Å²) in [7, 11) is 0. The Hall–Kier alpha value is 0.599. The molecule has 0 rings (SSSR count). The van der Waals surface area contributed by atoms with Gasteiger partial charge in [0.2, 0.25) is 0 Å². The Labute approximate surface area is 65.3 Å². The topological polar surface area (TPSA) is 17.1 Å². The van der Waals surface area contributed by atoms with E-state index in [9.17, 15) is 0 Å². The summed E-state index contributed by atoms with van der Waals surface area (Å²) in [4.78, 5) is 0. The van der Waals surface area contributed by atoms with Crippen molar-refractivity contribution in [3.05, 3.63) is 0 Å². The quantitative estimate of drug-likeness (QED) is 0.526. The normalized spacial score (nSPS) is 7.25. The van der Waals surface area contributed by atoms with Gasteiger partial charge in [0.15, 0.2) is 0 Å². The van der Waals surface area contributed by atoms with Gasteiger partial charge in [-0.2, -0.15) is 0 Å². The molecule has 0 aliphatic heterocycles. The van der Waals surface area contributed by atoms with E-state index in [0.717, 1.165) is 0 Å². The first kappa shape index (κ1) is 11.4. The Morgan fingerprint density at radius 3 is 1.38 bits per heavy atom. The Kier molecular flexibility index (Phi) is 22.3. The first-order valence-corrected chi connectivity index (χ1v) is 4.28. The van der Waals surface area contributed by atoms with Crippen molar-refractivity contribution in [2.24, 2.45) is 0 Å². The molecule has 0 amide bonds. The predicted octanol–water partition coefficient (Wildman–Crippen LogP) is 2.09. The molecule has 0 aromatic rings. The van der Waals surface area contributed by atoms with Crippen LogP contribution in [-0.4, -0.2) is 22.5 Å². The number of unbranched alkanes of at least 4 members (excludes halogenated alkanes) is 3. The van der Waals surface area contributed by atoms with Gasteiger partial charge in [0.05, 0.1) is 0 Å². The average molecular weight is 221 g/mol. The number of hydrogen-bond acceptors (Lipinski definition) is 1. The van der Waals surface area contributed by atoms with Gasteiger partial charge in [-0.1, -0.05) is 39.5 Å². The van der Waals surface area contributed by atoms with Gasteiger partial charge in [0.1, 0.15) is 0 Å². The van der Waals surface area contributed by atoms with Crippen LogP contribution >= 0.6 is 0 Å². The molecule has 8 heavy (non-hydrogen) atoms. The van der Waals surface area contributed by atoms with Crippen LogP contribution in [0.5, 0.6) is 0 Å². The molecule has 2 heteroatoms. The predicted molar refractivity (Wildman–Crippen MR) is 36.3 cm³/mol. The van der Waals surface area contributed by atoms with Crippen molar-refractivity contribution >= 4 is 22.5 Å². The van der Waals surface area contributed by atoms with Gasteiger partial charge in [-0.05, 0) is 0 Å².